The van der Waals surface area contributed by atoms with E-state index in [2.05, 4.69) is 34.1 Å². The molecule has 0 aliphatic carbocycles. The van der Waals surface area contributed by atoms with Crippen molar-refractivity contribution in [2.24, 2.45) is 11.5 Å². The zero-order valence-electron chi connectivity index (χ0n) is 31.3. The summed E-state index contributed by atoms with van der Waals surface area (Å²) in [5.41, 5.74) is 21.1. The van der Waals surface area contributed by atoms with Crippen LogP contribution in [0.3, 0.4) is 0 Å². The summed E-state index contributed by atoms with van der Waals surface area (Å²) in [5.74, 6) is -0.591. The molecule has 0 bridgehead atoms. The number of carbonyl (C=O) groups is 2. The van der Waals surface area contributed by atoms with E-state index in [4.69, 9.17) is 20.9 Å². The molecule has 280 valence electrons. The van der Waals surface area contributed by atoms with Crippen LogP contribution in [-0.4, -0.2) is 63.4 Å². The van der Waals surface area contributed by atoms with Gasteiger partial charge in [-0.1, -0.05) is 48.5 Å². The van der Waals surface area contributed by atoms with Crippen LogP contribution in [0.1, 0.15) is 80.8 Å². The smallest absolute Gasteiger partial charge is 0.338 e. The molecule has 4 aromatic carbocycles. The Balaban J connectivity index is 0.000000208. The highest BCUT2D eigenvalue weighted by molar-refractivity contribution is 5.89. The van der Waals surface area contributed by atoms with Gasteiger partial charge in [0.25, 0.3) is 0 Å². The van der Waals surface area contributed by atoms with Crippen LogP contribution in [-0.2, 0) is 35.2 Å². The Labute approximate surface area is 318 Å². The van der Waals surface area contributed by atoms with Gasteiger partial charge in [0, 0.05) is 38.3 Å². The second kappa shape index (κ2) is 19.4. The van der Waals surface area contributed by atoms with E-state index in [1.807, 2.05) is 62.4 Å². The van der Waals surface area contributed by atoms with Gasteiger partial charge in [-0.3, -0.25) is 0 Å². The van der Waals surface area contributed by atoms with Crippen LogP contribution in [0, 0.1) is 22.7 Å². The van der Waals surface area contributed by atoms with E-state index in [1.54, 1.807) is 24.3 Å². The van der Waals surface area contributed by atoms with Crippen LogP contribution in [0.25, 0.3) is 0 Å². The molecule has 10 nitrogen and oxygen atoms in total. The van der Waals surface area contributed by atoms with Crippen molar-refractivity contribution in [2.75, 3.05) is 49.2 Å². The van der Waals surface area contributed by atoms with Crippen molar-refractivity contribution in [2.45, 2.75) is 64.5 Å². The van der Waals surface area contributed by atoms with Crippen molar-refractivity contribution in [1.82, 2.24) is 0 Å². The number of rotatable bonds is 14. The molecular weight excluding hydrogens is 677 g/mol. The molecule has 0 aromatic heterocycles. The molecule has 0 saturated heterocycles. The lowest BCUT2D eigenvalue weighted by molar-refractivity contribution is 0.0493. The number of nitriles is 2. The molecule has 0 radical (unpaired) electrons. The van der Waals surface area contributed by atoms with Crippen LogP contribution in [0.4, 0.5) is 11.4 Å². The molecule has 54 heavy (non-hydrogen) atoms. The first-order chi connectivity index (χ1) is 26.2. The highest BCUT2D eigenvalue weighted by Crippen LogP contribution is 2.34. The van der Waals surface area contributed by atoms with Crippen molar-refractivity contribution in [3.63, 3.8) is 0 Å². The fourth-order valence-electron chi connectivity index (χ4n) is 7.14. The Hall–Kier alpha value is -5.68. The summed E-state index contributed by atoms with van der Waals surface area (Å²) in [7, 11) is 0. The third-order valence-electron chi connectivity index (χ3n) is 9.42. The van der Waals surface area contributed by atoms with Gasteiger partial charge in [0.05, 0.1) is 46.8 Å². The Morgan fingerprint density at radius 1 is 0.667 bits per heavy atom. The Morgan fingerprint density at radius 2 is 1.06 bits per heavy atom. The minimum absolute atomic E-state index is 0.0754. The first-order valence-corrected chi connectivity index (χ1v) is 18.7. The van der Waals surface area contributed by atoms with Crippen LogP contribution < -0.4 is 21.3 Å². The average molecular weight is 727 g/mol. The number of hydrogen-bond acceptors (Lipinski definition) is 10. The third-order valence-corrected chi connectivity index (χ3v) is 9.42. The van der Waals surface area contributed by atoms with E-state index in [9.17, 15) is 20.1 Å². The summed E-state index contributed by atoms with van der Waals surface area (Å²) in [4.78, 5) is 28.4. The van der Waals surface area contributed by atoms with Crippen LogP contribution in [0.2, 0.25) is 0 Å². The van der Waals surface area contributed by atoms with Crippen molar-refractivity contribution >= 4 is 23.3 Å². The molecule has 2 aliphatic rings. The number of hydrogen-bond donors (Lipinski definition) is 2. The maximum atomic E-state index is 12.0. The summed E-state index contributed by atoms with van der Waals surface area (Å²) in [6.07, 6.45) is 4.87. The van der Waals surface area contributed by atoms with Crippen LogP contribution >= 0.6 is 0 Å². The number of carbonyl (C=O) groups excluding carboxylic acids is 2. The normalized spacial score (nSPS) is 13.7. The Bertz CT molecular complexity index is 1820. The van der Waals surface area contributed by atoms with Gasteiger partial charge in [0.1, 0.15) is 12.1 Å². The fourth-order valence-corrected chi connectivity index (χ4v) is 7.14. The average Bonchev–Trinajstić information content (AvgIpc) is 3.78. The van der Waals surface area contributed by atoms with Crippen LogP contribution in [0.15, 0.2) is 84.9 Å². The van der Waals surface area contributed by atoms with E-state index in [1.165, 1.54) is 11.1 Å². The number of nitrogens with zero attached hydrogens (tertiary/aromatic N) is 4. The lowest BCUT2D eigenvalue weighted by atomic mass is 9.99. The Morgan fingerprint density at radius 3 is 1.41 bits per heavy atom. The largest absolute Gasteiger partial charge is 0.462 e. The number of nitrogens with two attached hydrogens (primary N) is 2. The fraction of sp³-hybridized carbons (Fsp3) is 0.364. The monoisotopic (exact) mass is 726 g/mol. The summed E-state index contributed by atoms with van der Waals surface area (Å²) in [6.45, 7) is 7.97. The maximum absolute atomic E-state index is 12.0. The number of esters is 2. The van der Waals surface area contributed by atoms with E-state index in [0.717, 1.165) is 87.2 Å². The minimum atomic E-state index is -0.296. The molecule has 1 unspecified atom stereocenters. The summed E-state index contributed by atoms with van der Waals surface area (Å²) in [5, 5.41) is 19.1. The zero-order chi connectivity index (χ0) is 38.5. The number of fused-ring (bicyclic) bond motifs is 2. The molecule has 0 saturated carbocycles. The van der Waals surface area contributed by atoms with E-state index in [0.29, 0.717) is 35.5 Å². The number of anilines is 2. The van der Waals surface area contributed by atoms with Crippen molar-refractivity contribution in [1.29, 1.82) is 10.5 Å². The molecular formula is C44H50N6O4. The summed E-state index contributed by atoms with van der Waals surface area (Å²) in [6, 6.07) is 31.1. The molecule has 0 fully saturated rings. The third kappa shape index (κ3) is 10.7. The SMILES string of the molecule is CC(N)Cc1cc(C#N)c2c(c1)CCN2CCCOC(=O)c1ccccc1.C[C@@H](N)Cc1cc(C#N)c2c(c1)CCN2CCCOC(=O)c1ccccc1. The van der Waals surface area contributed by atoms with Crippen LogP contribution in [0.5, 0.6) is 0 Å². The first kappa shape index (κ1) is 39.5. The second-order valence-electron chi connectivity index (χ2n) is 14.1. The van der Waals surface area contributed by atoms with E-state index in [-0.39, 0.29) is 24.0 Å². The first-order valence-electron chi connectivity index (χ1n) is 18.7. The topological polar surface area (TPSA) is 159 Å². The molecule has 2 heterocycles. The lowest BCUT2D eigenvalue weighted by Gasteiger charge is -2.21. The summed E-state index contributed by atoms with van der Waals surface area (Å²) >= 11 is 0. The van der Waals surface area contributed by atoms with Gasteiger partial charge >= 0.3 is 11.9 Å². The zero-order valence-corrected chi connectivity index (χ0v) is 31.3. The number of ether oxygens (including phenoxy) is 2. The van der Waals surface area contributed by atoms with Crippen molar-refractivity contribution < 1.29 is 19.1 Å². The maximum Gasteiger partial charge on any atom is 0.338 e. The molecule has 0 amide bonds. The highest BCUT2D eigenvalue weighted by Gasteiger charge is 2.25. The minimum Gasteiger partial charge on any atom is -0.462 e. The molecule has 6 rings (SSSR count). The van der Waals surface area contributed by atoms with Gasteiger partial charge in [-0.05, 0) is 111 Å². The highest BCUT2D eigenvalue weighted by atomic mass is 16.5. The number of benzene rings is 4. The predicted molar refractivity (Wildman–Crippen MR) is 212 cm³/mol. The molecule has 4 N–H and O–H groups in total. The quantitative estimate of drug-likeness (QED) is 0.115. The molecule has 0 spiro atoms. The van der Waals surface area contributed by atoms with E-state index >= 15 is 0 Å². The van der Waals surface area contributed by atoms with Crippen molar-refractivity contribution in [3.05, 3.63) is 129 Å². The second-order valence-corrected chi connectivity index (χ2v) is 14.1. The van der Waals surface area contributed by atoms with Gasteiger partial charge in [-0.15, -0.1) is 0 Å². The van der Waals surface area contributed by atoms with Gasteiger partial charge in [-0.2, -0.15) is 10.5 Å². The van der Waals surface area contributed by atoms with Gasteiger partial charge in [0.15, 0.2) is 0 Å². The molecule has 4 aromatic rings. The van der Waals surface area contributed by atoms with E-state index < -0.39 is 0 Å². The van der Waals surface area contributed by atoms with Gasteiger partial charge < -0.3 is 30.7 Å². The Kier molecular flexibility index (Phi) is 14.2. The van der Waals surface area contributed by atoms with Gasteiger partial charge in [-0.25, -0.2) is 9.59 Å². The standard InChI is InChI=1S/2C22H25N3O2/c2*1-16(24)12-17-13-19-8-10-25(21(19)20(14-17)15-23)9-5-11-27-22(26)18-6-3-2-4-7-18/h2*2-4,6-7,13-14,16H,5,8-12,24H2,1H3/t16-;/m1./s1. The molecule has 10 heteroatoms. The summed E-state index contributed by atoms with van der Waals surface area (Å²) < 4.78 is 10.7. The molecule has 2 atom stereocenters. The lowest BCUT2D eigenvalue weighted by Crippen LogP contribution is -2.24. The van der Waals surface area contributed by atoms with Crippen molar-refractivity contribution in [3.8, 4) is 12.1 Å². The predicted octanol–water partition coefficient (Wildman–Crippen LogP) is 6.12. The van der Waals surface area contributed by atoms with Gasteiger partial charge in [0.2, 0.25) is 0 Å². The molecule has 2 aliphatic heterocycles.